The molecule has 1 aromatic rings. The molecule has 0 bridgehead atoms. The quantitative estimate of drug-likeness (QED) is 0.637. The molecule has 0 aromatic carbocycles. The van der Waals surface area contributed by atoms with Crippen molar-refractivity contribution in [3.05, 3.63) is 23.9 Å². The van der Waals surface area contributed by atoms with Gasteiger partial charge in [0.25, 0.3) is 0 Å². The fourth-order valence-corrected chi connectivity index (χ4v) is 1.42. The van der Waals surface area contributed by atoms with Crippen molar-refractivity contribution in [2.45, 2.75) is 13.0 Å². The predicted octanol–water partition coefficient (Wildman–Crippen LogP) is 1.23. The van der Waals surface area contributed by atoms with Gasteiger partial charge in [-0.15, -0.1) is 0 Å². The second-order valence-corrected chi connectivity index (χ2v) is 3.84. The van der Waals surface area contributed by atoms with Crippen LogP contribution in [-0.2, 0) is 16.0 Å². The Morgan fingerprint density at radius 1 is 1.17 bits per heavy atom. The Hall–Kier alpha value is -1.17. The predicted molar refractivity (Wildman–Crippen MR) is 69.8 cm³/mol. The molecule has 0 unspecified atom stereocenters. The van der Waals surface area contributed by atoms with Crippen molar-refractivity contribution in [2.24, 2.45) is 0 Å². The fraction of sp³-hybridized carbons (Fsp3) is 0.615. The number of pyridine rings is 1. The highest BCUT2D eigenvalue weighted by Gasteiger charge is 1.95. The van der Waals surface area contributed by atoms with E-state index in [-0.39, 0.29) is 0 Å². The second-order valence-electron chi connectivity index (χ2n) is 3.84. The van der Waals surface area contributed by atoms with Crippen LogP contribution in [0.2, 0.25) is 0 Å². The molecule has 0 saturated heterocycles. The third kappa shape index (κ3) is 6.54. The lowest BCUT2D eigenvalue weighted by Crippen LogP contribution is -2.19. The van der Waals surface area contributed by atoms with Gasteiger partial charge in [0, 0.05) is 45.7 Å². The minimum Gasteiger partial charge on any atom is -0.481 e. The molecule has 1 rings (SSSR count). The maximum atomic E-state index is 5.43. The van der Waals surface area contributed by atoms with Crippen LogP contribution in [0.1, 0.15) is 12.0 Å². The summed E-state index contributed by atoms with van der Waals surface area (Å²) in [6, 6.07) is 3.86. The van der Waals surface area contributed by atoms with E-state index < -0.39 is 0 Å². The summed E-state index contributed by atoms with van der Waals surface area (Å²) < 4.78 is 15.4. The van der Waals surface area contributed by atoms with E-state index in [1.807, 2.05) is 18.3 Å². The molecule has 0 saturated carbocycles. The lowest BCUT2D eigenvalue weighted by Gasteiger charge is -2.06. The molecule has 0 aliphatic rings. The van der Waals surface area contributed by atoms with Crippen LogP contribution in [-0.4, -0.2) is 45.6 Å². The molecule has 5 heteroatoms. The van der Waals surface area contributed by atoms with Crippen LogP contribution < -0.4 is 10.1 Å². The molecule has 0 fully saturated rings. The third-order valence-electron chi connectivity index (χ3n) is 2.40. The van der Waals surface area contributed by atoms with E-state index in [1.54, 1.807) is 14.2 Å². The molecule has 1 heterocycles. The summed E-state index contributed by atoms with van der Waals surface area (Å²) in [5.41, 5.74) is 1.13. The van der Waals surface area contributed by atoms with Crippen molar-refractivity contribution < 1.29 is 14.2 Å². The molecule has 5 nitrogen and oxygen atoms in total. The number of nitrogens with zero attached hydrogens (tertiary/aromatic N) is 1. The minimum atomic E-state index is 0.639. The molecule has 1 N–H and O–H groups in total. The van der Waals surface area contributed by atoms with E-state index in [0.29, 0.717) is 12.5 Å². The first-order valence-electron chi connectivity index (χ1n) is 6.13. The highest BCUT2D eigenvalue weighted by Crippen LogP contribution is 2.05. The van der Waals surface area contributed by atoms with Gasteiger partial charge in [0.05, 0.1) is 13.7 Å². The number of rotatable bonds is 10. The lowest BCUT2D eigenvalue weighted by molar-refractivity contribution is 0.104. The summed E-state index contributed by atoms with van der Waals surface area (Å²) in [4.78, 5) is 4.14. The van der Waals surface area contributed by atoms with Gasteiger partial charge in [-0.1, -0.05) is 6.07 Å². The van der Waals surface area contributed by atoms with Crippen LogP contribution in [0.4, 0.5) is 0 Å². The third-order valence-corrected chi connectivity index (χ3v) is 2.40. The number of ether oxygens (including phenoxy) is 3. The normalized spacial score (nSPS) is 10.6. The van der Waals surface area contributed by atoms with Gasteiger partial charge in [-0.25, -0.2) is 4.98 Å². The smallest absolute Gasteiger partial charge is 0.212 e. The maximum absolute atomic E-state index is 5.43. The molecular weight excluding hydrogens is 232 g/mol. The molecular formula is C13H22N2O3. The van der Waals surface area contributed by atoms with Crippen molar-refractivity contribution in [2.75, 3.05) is 40.6 Å². The average molecular weight is 254 g/mol. The van der Waals surface area contributed by atoms with E-state index in [9.17, 15) is 0 Å². The summed E-state index contributed by atoms with van der Waals surface area (Å²) in [5, 5.41) is 3.29. The summed E-state index contributed by atoms with van der Waals surface area (Å²) in [6.07, 6.45) is 2.75. The van der Waals surface area contributed by atoms with E-state index in [0.717, 1.165) is 38.3 Å². The van der Waals surface area contributed by atoms with Crippen LogP contribution in [0.5, 0.6) is 5.88 Å². The van der Waals surface area contributed by atoms with Gasteiger partial charge < -0.3 is 19.5 Å². The van der Waals surface area contributed by atoms with E-state index in [4.69, 9.17) is 14.2 Å². The average Bonchev–Trinajstić information content (AvgIpc) is 2.42. The Kier molecular flexibility index (Phi) is 8.12. The first kappa shape index (κ1) is 14.9. The van der Waals surface area contributed by atoms with E-state index in [2.05, 4.69) is 10.3 Å². The van der Waals surface area contributed by atoms with Crippen molar-refractivity contribution >= 4 is 0 Å². The van der Waals surface area contributed by atoms with Crippen LogP contribution in [0.25, 0.3) is 0 Å². The zero-order chi connectivity index (χ0) is 13.1. The summed E-state index contributed by atoms with van der Waals surface area (Å²) in [5.74, 6) is 0.639. The molecule has 18 heavy (non-hydrogen) atoms. The first-order chi connectivity index (χ1) is 8.86. The highest BCUT2D eigenvalue weighted by molar-refractivity contribution is 5.17. The lowest BCUT2D eigenvalue weighted by atomic mass is 10.3. The Bertz CT molecular complexity index is 304. The van der Waals surface area contributed by atoms with Gasteiger partial charge in [-0.2, -0.15) is 0 Å². The molecule has 102 valence electrons. The molecule has 1 aromatic heterocycles. The molecule has 0 aliphatic heterocycles. The van der Waals surface area contributed by atoms with E-state index in [1.165, 1.54) is 0 Å². The number of aromatic nitrogens is 1. The summed E-state index contributed by atoms with van der Waals surface area (Å²) >= 11 is 0. The van der Waals surface area contributed by atoms with Gasteiger partial charge in [0.2, 0.25) is 5.88 Å². The van der Waals surface area contributed by atoms with E-state index >= 15 is 0 Å². The molecule has 0 aliphatic carbocycles. The largest absolute Gasteiger partial charge is 0.481 e. The highest BCUT2D eigenvalue weighted by atomic mass is 16.5. The van der Waals surface area contributed by atoms with Gasteiger partial charge in [0.1, 0.15) is 0 Å². The van der Waals surface area contributed by atoms with Gasteiger partial charge in [0.15, 0.2) is 0 Å². The maximum Gasteiger partial charge on any atom is 0.212 e. The van der Waals surface area contributed by atoms with Crippen molar-refractivity contribution in [1.29, 1.82) is 0 Å². The second kappa shape index (κ2) is 9.82. The van der Waals surface area contributed by atoms with Gasteiger partial charge in [-0.05, 0) is 12.0 Å². The molecule has 0 radical (unpaired) electrons. The Balaban J connectivity index is 2.00. The monoisotopic (exact) mass is 254 g/mol. The zero-order valence-corrected chi connectivity index (χ0v) is 11.1. The number of hydrogen-bond donors (Lipinski definition) is 1. The van der Waals surface area contributed by atoms with Crippen LogP contribution >= 0.6 is 0 Å². The van der Waals surface area contributed by atoms with Crippen molar-refractivity contribution in [1.82, 2.24) is 10.3 Å². The van der Waals surface area contributed by atoms with Gasteiger partial charge in [-0.3, -0.25) is 0 Å². The Morgan fingerprint density at radius 2 is 2.06 bits per heavy atom. The van der Waals surface area contributed by atoms with Crippen molar-refractivity contribution in [3.8, 4) is 5.88 Å². The van der Waals surface area contributed by atoms with Crippen LogP contribution in [0, 0.1) is 0 Å². The topological polar surface area (TPSA) is 52.6 Å². The molecule has 0 amide bonds. The first-order valence-corrected chi connectivity index (χ1v) is 6.13. The van der Waals surface area contributed by atoms with Gasteiger partial charge >= 0.3 is 0 Å². The standard InChI is InChI=1S/C13H22N2O3/c1-16-7-3-8-18-9-6-14-10-12-4-5-13(17-2)15-11-12/h4-5,11,14H,3,6-10H2,1-2H3. The van der Waals surface area contributed by atoms with Crippen LogP contribution in [0.15, 0.2) is 18.3 Å². The minimum absolute atomic E-state index is 0.639. The Labute approximate surface area is 108 Å². The number of hydrogen-bond acceptors (Lipinski definition) is 5. The number of nitrogens with one attached hydrogen (secondary N) is 1. The van der Waals surface area contributed by atoms with Crippen LogP contribution in [0.3, 0.4) is 0 Å². The Morgan fingerprint density at radius 3 is 2.72 bits per heavy atom. The summed E-state index contributed by atoms with van der Waals surface area (Å²) in [7, 11) is 3.31. The number of methoxy groups -OCH3 is 2. The molecule has 0 spiro atoms. The van der Waals surface area contributed by atoms with Crippen molar-refractivity contribution in [3.63, 3.8) is 0 Å². The SMILES string of the molecule is COCCCOCCNCc1ccc(OC)nc1. The zero-order valence-electron chi connectivity index (χ0n) is 11.1. The summed E-state index contributed by atoms with van der Waals surface area (Å²) in [6.45, 7) is 3.84. The fourth-order valence-electron chi connectivity index (χ4n) is 1.42. The molecule has 0 atom stereocenters.